The lowest BCUT2D eigenvalue weighted by atomic mass is 10.2. The number of hydrogen-bond donors (Lipinski definition) is 1. The van der Waals surface area contributed by atoms with Gasteiger partial charge in [0.25, 0.3) is 5.91 Å². The Bertz CT molecular complexity index is 631. The van der Waals surface area contributed by atoms with Gasteiger partial charge in [0, 0.05) is 39.5 Å². The fourth-order valence-corrected chi connectivity index (χ4v) is 4.29. The molecule has 7 nitrogen and oxygen atoms in total. The summed E-state index contributed by atoms with van der Waals surface area (Å²) in [6.07, 6.45) is 2.88. The summed E-state index contributed by atoms with van der Waals surface area (Å²) in [6, 6.07) is 3.39. The van der Waals surface area contributed by atoms with Crippen LogP contribution in [0.5, 0.6) is 0 Å². The van der Waals surface area contributed by atoms with E-state index in [4.69, 9.17) is 4.74 Å². The van der Waals surface area contributed by atoms with Crippen LogP contribution in [0.3, 0.4) is 0 Å². The second-order valence-corrected chi connectivity index (χ2v) is 7.90. The normalized spacial score (nSPS) is 19.5. The number of methoxy groups -OCH3 is 1. The summed E-state index contributed by atoms with van der Waals surface area (Å²) in [4.78, 5) is 18.1. The molecule has 23 heavy (non-hydrogen) atoms. The number of aromatic nitrogens is 1. The summed E-state index contributed by atoms with van der Waals surface area (Å²) in [5.74, 6) is 0.881. The van der Waals surface area contributed by atoms with E-state index in [0.29, 0.717) is 31.0 Å². The molecule has 0 bridgehead atoms. The molecule has 0 spiro atoms. The number of carbonyl (C=O) groups excluding carboxylic acids is 1. The molecule has 1 aliphatic rings. The minimum atomic E-state index is -2.93. The first kappa shape index (κ1) is 17.7. The first-order valence-electron chi connectivity index (χ1n) is 7.59. The van der Waals surface area contributed by atoms with Crippen molar-refractivity contribution in [3.8, 4) is 0 Å². The molecule has 0 aromatic carbocycles. The molecule has 2 rings (SSSR count). The number of amides is 1. The number of hydrogen-bond acceptors (Lipinski definition) is 6. The molecule has 1 N–H and O–H groups in total. The topological polar surface area (TPSA) is 88.6 Å². The van der Waals surface area contributed by atoms with Crippen molar-refractivity contribution in [2.45, 2.75) is 18.9 Å². The summed E-state index contributed by atoms with van der Waals surface area (Å²) < 4.78 is 28.0. The Hall–Kier alpha value is -1.67. The van der Waals surface area contributed by atoms with Crippen molar-refractivity contribution in [2.24, 2.45) is 0 Å². The number of ether oxygens (including phenoxy) is 1. The lowest BCUT2D eigenvalue weighted by molar-refractivity contribution is 0.0948. The predicted octanol–water partition coefficient (Wildman–Crippen LogP) is 0.471. The number of pyridine rings is 1. The number of rotatable bonds is 7. The third-order valence-corrected chi connectivity index (χ3v) is 5.69. The van der Waals surface area contributed by atoms with Gasteiger partial charge >= 0.3 is 0 Å². The van der Waals surface area contributed by atoms with Crippen LogP contribution in [0.4, 0.5) is 5.82 Å². The molecule has 2 heterocycles. The molecule has 1 aliphatic heterocycles. The van der Waals surface area contributed by atoms with Crippen LogP contribution in [0.2, 0.25) is 0 Å². The number of nitrogens with one attached hydrogen (secondary N) is 1. The Balaban J connectivity index is 1.92. The minimum absolute atomic E-state index is 0.0544. The van der Waals surface area contributed by atoms with Crippen molar-refractivity contribution in [3.05, 3.63) is 23.9 Å². The second-order valence-electron chi connectivity index (χ2n) is 5.68. The standard InChI is InChI=1S/C15H23N3O4S/c1-18(13-6-9-23(20,21)11-13)14-5-4-12(10-17-14)15(19)16-7-3-8-22-2/h4-5,10,13H,3,6-9,11H2,1-2H3,(H,16,19). The van der Waals surface area contributed by atoms with E-state index in [1.165, 1.54) is 6.20 Å². The first-order chi connectivity index (χ1) is 10.9. The smallest absolute Gasteiger partial charge is 0.252 e. The Morgan fingerprint density at radius 3 is 2.83 bits per heavy atom. The van der Waals surface area contributed by atoms with Gasteiger partial charge in [0.05, 0.1) is 17.1 Å². The molecular weight excluding hydrogens is 318 g/mol. The van der Waals surface area contributed by atoms with Crippen LogP contribution in [-0.4, -0.2) is 64.2 Å². The van der Waals surface area contributed by atoms with Crippen LogP contribution in [0.1, 0.15) is 23.2 Å². The lowest BCUT2D eigenvalue weighted by Crippen LogP contribution is -2.33. The SMILES string of the molecule is COCCCNC(=O)c1ccc(N(C)C2CCS(=O)(=O)C2)nc1. The Kier molecular flexibility index (Phi) is 5.95. The summed E-state index contributed by atoms with van der Waals surface area (Å²) >= 11 is 0. The van der Waals surface area contributed by atoms with Crippen molar-refractivity contribution in [1.82, 2.24) is 10.3 Å². The van der Waals surface area contributed by atoms with Crippen LogP contribution in [0.25, 0.3) is 0 Å². The summed E-state index contributed by atoms with van der Waals surface area (Å²) in [5, 5.41) is 2.80. The van der Waals surface area contributed by atoms with Crippen LogP contribution >= 0.6 is 0 Å². The van der Waals surface area contributed by atoms with Gasteiger partial charge in [0.1, 0.15) is 5.82 Å². The molecule has 1 saturated heterocycles. The maximum atomic E-state index is 11.9. The third kappa shape index (κ3) is 4.90. The van der Waals surface area contributed by atoms with Crippen molar-refractivity contribution < 1.29 is 17.9 Å². The van der Waals surface area contributed by atoms with E-state index in [-0.39, 0.29) is 23.5 Å². The van der Waals surface area contributed by atoms with Gasteiger partial charge in [-0.25, -0.2) is 13.4 Å². The molecule has 1 aromatic rings. The average molecular weight is 341 g/mol. The summed E-state index contributed by atoms with van der Waals surface area (Å²) in [7, 11) is 0.524. The monoisotopic (exact) mass is 341 g/mol. The quantitative estimate of drug-likeness (QED) is 0.725. The highest BCUT2D eigenvalue weighted by Gasteiger charge is 2.31. The van der Waals surface area contributed by atoms with Gasteiger partial charge in [-0.15, -0.1) is 0 Å². The van der Waals surface area contributed by atoms with E-state index >= 15 is 0 Å². The Labute approximate surface area is 137 Å². The largest absolute Gasteiger partial charge is 0.385 e. The summed E-state index contributed by atoms with van der Waals surface area (Å²) in [5.41, 5.74) is 0.485. The lowest BCUT2D eigenvalue weighted by Gasteiger charge is -2.24. The number of nitrogens with zero attached hydrogens (tertiary/aromatic N) is 2. The van der Waals surface area contributed by atoms with E-state index < -0.39 is 9.84 Å². The van der Waals surface area contributed by atoms with Gasteiger partial charge in [-0.05, 0) is 25.0 Å². The zero-order valence-corrected chi connectivity index (χ0v) is 14.3. The van der Waals surface area contributed by atoms with Crippen molar-refractivity contribution in [3.63, 3.8) is 0 Å². The maximum absolute atomic E-state index is 11.9. The van der Waals surface area contributed by atoms with Gasteiger partial charge in [-0.1, -0.05) is 0 Å². The second kappa shape index (κ2) is 7.74. The number of sulfone groups is 1. The predicted molar refractivity (Wildman–Crippen MR) is 88.5 cm³/mol. The fraction of sp³-hybridized carbons (Fsp3) is 0.600. The molecule has 1 aromatic heterocycles. The molecule has 8 heteroatoms. The van der Waals surface area contributed by atoms with E-state index in [0.717, 1.165) is 6.42 Å². The van der Waals surface area contributed by atoms with Gasteiger partial charge in [-0.3, -0.25) is 4.79 Å². The molecule has 1 atom stereocenters. The summed E-state index contributed by atoms with van der Waals surface area (Å²) in [6.45, 7) is 1.15. The fourth-order valence-electron chi connectivity index (χ4n) is 2.52. The average Bonchev–Trinajstić information content (AvgIpc) is 2.91. The maximum Gasteiger partial charge on any atom is 0.252 e. The number of carbonyl (C=O) groups is 1. The van der Waals surface area contributed by atoms with E-state index in [9.17, 15) is 13.2 Å². The molecule has 1 fully saturated rings. The van der Waals surface area contributed by atoms with Gasteiger partial charge in [0.2, 0.25) is 0 Å². The highest BCUT2D eigenvalue weighted by molar-refractivity contribution is 7.91. The molecule has 0 aliphatic carbocycles. The van der Waals surface area contributed by atoms with E-state index in [1.807, 2.05) is 11.9 Å². The minimum Gasteiger partial charge on any atom is -0.385 e. The number of anilines is 1. The Morgan fingerprint density at radius 1 is 1.48 bits per heavy atom. The van der Waals surface area contributed by atoms with Crippen LogP contribution in [-0.2, 0) is 14.6 Å². The molecule has 1 unspecified atom stereocenters. The van der Waals surface area contributed by atoms with Crippen molar-refractivity contribution >= 4 is 21.6 Å². The zero-order valence-electron chi connectivity index (χ0n) is 13.5. The molecule has 1 amide bonds. The van der Waals surface area contributed by atoms with Crippen LogP contribution in [0, 0.1) is 0 Å². The third-order valence-electron chi connectivity index (χ3n) is 3.94. The van der Waals surface area contributed by atoms with Crippen LogP contribution < -0.4 is 10.2 Å². The molecule has 0 saturated carbocycles. The Morgan fingerprint density at radius 2 is 2.26 bits per heavy atom. The van der Waals surface area contributed by atoms with Gasteiger partial charge in [-0.2, -0.15) is 0 Å². The first-order valence-corrected chi connectivity index (χ1v) is 9.41. The highest BCUT2D eigenvalue weighted by atomic mass is 32.2. The molecular formula is C15H23N3O4S. The zero-order chi connectivity index (χ0) is 16.9. The van der Waals surface area contributed by atoms with Crippen molar-refractivity contribution in [1.29, 1.82) is 0 Å². The van der Waals surface area contributed by atoms with Crippen molar-refractivity contribution in [2.75, 3.05) is 43.7 Å². The van der Waals surface area contributed by atoms with E-state index in [1.54, 1.807) is 19.2 Å². The van der Waals surface area contributed by atoms with E-state index in [2.05, 4.69) is 10.3 Å². The molecule has 128 valence electrons. The van der Waals surface area contributed by atoms with Gasteiger partial charge < -0.3 is 15.0 Å². The highest BCUT2D eigenvalue weighted by Crippen LogP contribution is 2.21. The molecule has 0 radical (unpaired) electrons. The van der Waals surface area contributed by atoms with Gasteiger partial charge in [0.15, 0.2) is 9.84 Å². The van der Waals surface area contributed by atoms with Crippen LogP contribution in [0.15, 0.2) is 18.3 Å².